The van der Waals surface area contributed by atoms with E-state index in [1.165, 1.54) is 0 Å². The van der Waals surface area contributed by atoms with E-state index in [-0.39, 0.29) is 37.2 Å². The fourth-order valence-corrected chi connectivity index (χ4v) is 5.73. The number of halogens is 6. The maximum Gasteiger partial charge on any atom is 0.416 e. The van der Waals surface area contributed by atoms with Crippen molar-refractivity contribution in [3.63, 3.8) is 0 Å². The molecule has 2 atom stereocenters. The minimum Gasteiger partial charge on any atom is -0.379 e. The van der Waals surface area contributed by atoms with Crippen molar-refractivity contribution in [3.05, 3.63) is 70.8 Å². The molecule has 312 valence electrons. The van der Waals surface area contributed by atoms with E-state index < -0.39 is 42.2 Å². The van der Waals surface area contributed by atoms with Crippen molar-refractivity contribution < 1.29 is 69.0 Å². The van der Waals surface area contributed by atoms with Crippen molar-refractivity contribution in [2.75, 3.05) is 112 Å². The Kier molecular flexibility index (Phi) is 22.1. The number of nitrogens with one attached hydrogen (secondary N) is 1. The fourth-order valence-electron chi connectivity index (χ4n) is 5.73. The third-order valence-corrected chi connectivity index (χ3v) is 8.28. The molecule has 55 heavy (non-hydrogen) atoms. The van der Waals surface area contributed by atoms with E-state index in [1.54, 1.807) is 0 Å². The number of carbonyl (C=O) groups is 1. The van der Waals surface area contributed by atoms with Gasteiger partial charge in [0, 0.05) is 13.2 Å². The fraction of sp³-hybridized carbons (Fsp3) is 0.658. The number of likely N-dealkylation sites (tertiary alicyclic amines) is 1. The van der Waals surface area contributed by atoms with Crippen molar-refractivity contribution in [1.82, 2.24) is 10.2 Å². The highest BCUT2D eigenvalue weighted by Gasteiger charge is 2.38. The van der Waals surface area contributed by atoms with Crippen LogP contribution in [0.5, 0.6) is 0 Å². The van der Waals surface area contributed by atoms with Crippen LogP contribution in [0.4, 0.5) is 26.3 Å². The zero-order valence-corrected chi connectivity index (χ0v) is 31.3. The summed E-state index contributed by atoms with van der Waals surface area (Å²) in [6, 6.07) is 10.1. The second-order valence-electron chi connectivity index (χ2n) is 12.5. The van der Waals surface area contributed by atoms with E-state index >= 15 is 0 Å². The van der Waals surface area contributed by atoms with Crippen molar-refractivity contribution >= 4 is 5.91 Å². The summed E-state index contributed by atoms with van der Waals surface area (Å²) < 4.78 is 124. The average Bonchev–Trinajstić information content (AvgIpc) is 3.15. The molecule has 1 amide bonds. The number of alkyl halides is 6. The van der Waals surface area contributed by atoms with Gasteiger partial charge < -0.3 is 43.2 Å². The van der Waals surface area contributed by atoms with Gasteiger partial charge in [0.1, 0.15) is 0 Å². The van der Waals surface area contributed by atoms with Crippen LogP contribution < -0.4 is 5.32 Å². The Bertz CT molecular complexity index is 1290. The van der Waals surface area contributed by atoms with Crippen LogP contribution in [0.3, 0.4) is 0 Å². The second kappa shape index (κ2) is 26.1. The first-order valence-corrected chi connectivity index (χ1v) is 18.5. The van der Waals surface area contributed by atoms with Crippen LogP contribution in [0.25, 0.3) is 0 Å². The van der Waals surface area contributed by atoms with E-state index in [0.717, 1.165) is 5.56 Å². The minimum absolute atomic E-state index is 0.00825. The highest BCUT2D eigenvalue weighted by Crippen LogP contribution is 2.38. The molecule has 17 heteroatoms. The quantitative estimate of drug-likeness (QED) is 0.0853. The molecular formula is C38H54F6N2O9. The number of ether oxygens (including phenoxy) is 8. The summed E-state index contributed by atoms with van der Waals surface area (Å²) in [4.78, 5) is 14.8. The topological polar surface area (TPSA) is 106 Å². The lowest BCUT2D eigenvalue weighted by molar-refractivity contribution is -0.143. The van der Waals surface area contributed by atoms with Gasteiger partial charge in [0.15, 0.2) is 0 Å². The molecule has 0 unspecified atom stereocenters. The molecule has 3 rings (SSSR count). The average molecular weight is 797 g/mol. The lowest BCUT2D eigenvalue weighted by Crippen LogP contribution is -2.47. The Morgan fingerprint density at radius 3 is 1.64 bits per heavy atom. The van der Waals surface area contributed by atoms with Crippen molar-refractivity contribution in [2.24, 2.45) is 0 Å². The Morgan fingerprint density at radius 1 is 0.691 bits per heavy atom. The second-order valence-corrected chi connectivity index (χ2v) is 12.5. The Labute approximate surface area is 318 Å². The van der Waals surface area contributed by atoms with Crippen LogP contribution in [0.15, 0.2) is 48.5 Å². The molecule has 0 aromatic heterocycles. The lowest BCUT2D eigenvalue weighted by Gasteiger charge is -2.41. The predicted octanol–water partition coefficient (Wildman–Crippen LogP) is 5.70. The zero-order valence-electron chi connectivity index (χ0n) is 31.3. The molecule has 1 heterocycles. The first-order valence-electron chi connectivity index (χ1n) is 18.5. The molecule has 0 bridgehead atoms. The predicted molar refractivity (Wildman–Crippen MR) is 189 cm³/mol. The van der Waals surface area contributed by atoms with Crippen LogP contribution in [-0.4, -0.2) is 129 Å². The van der Waals surface area contributed by atoms with E-state index in [2.05, 4.69) is 5.32 Å². The lowest BCUT2D eigenvalue weighted by atomic mass is 9.92. The summed E-state index contributed by atoms with van der Waals surface area (Å²) in [5, 5.41) is 2.83. The minimum atomic E-state index is -4.96. The van der Waals surface area contributed by atoms with E-state index in [0.29, 0.717) is 117 Å². The van der Waals surface area contributed by atoms with Crippen LogP contribution in [0, 0.1) is 0 Å². The maximum absolute atomic E-state index is 13.4. The van der Waals surface area contributed by atoms with Gasteiger partial charge in [0.25, 0.3) is 0 Å². The standard InChI is InChI=1S/C38H54F6N2O9/c1-2-48-13-14-50-17-18-52-21-22-54-24-23-53-20-19-51-16-15-49-12-10-45-35(47)28-46-11-6-9-34(36(46)31-7-4-3-5-8-31)55-29-30-25-32(37(39,40)41)27-33(26-30)38(42,43)44/h3-5,7-8,25-27,34,36H,2,6,9-24,28-29H2,1H3,(H,45,47)/t34-,36-/m0/s1. The highest BCUT2D eigenvalue weighted by atomic mass is 19.4. The largest absolute Gasteiger partial charge is 0.416 e. The van der Waals surface area contributed by atoms with Gasteiger partial charge in [-0.05, 0) is 55.6 Å². The SMILES string of the molecule is CCOCCOCCOCCOCCOCCOCCOCCNC(=O)CN1CCC[C@H](OCc2cc(C(F)(F)F)cc(C(F)(F)F)c2)[C@@H]1c1ccccc1. The summed E-state index contributed by atoms with van der Waals surface area (Å²) >= 11 is 0. The van der Waals surface area contributed by atoms with Gasteiger partial charge >= 0.3 is 12.4 Å². The van der Waals surface area contributed by atoms with E-state index in [9.17, 15) is 31.1 Å². The molecule has 1 aliphatic rings. The number of amides is 1. The summed E-state index contributed by atoms with van der Waals surface area (Å²) in [7, 11) is 0. The number of benzene rings is 2. The van der Waals surface area contributed by atoms with E-state index in [1.807, 2.05) is 42.2 Å². The summed E-state index contributed by atoms with van der Waals surface area (Å²) in [5.74, 6) is -0.263. The molecule has 1 fully saturated rings. The first kappa shape index (κ1) is 46.5. The summed E-state index contributed by atoms with van der Waals surface area (Å²) in [6.07, 6.45) is -9.39. The monoisotopic (exact) mass is 796 g/mol. The Hall–Kier alpha value is -2.87. The Morgan fingerprint density at radius 2 is 1.16 bits per heavy atom. The number of carbonyl (C=O) groups excluding carboxylic acids is 1. The molecule has 1 saturated heterocycles. The Balaban J connectivity index is 1.29. The van der Waals surface area contributed by atoms with Gasteiger partial charge in [-0.2, -0.15) is 26.3 Å². The number of nitrogens with zero attached hydrogens (tertiary/aromatic N) is 1. The van der Waals surface area contributed by atoms with Gasteiger partial charge in [-0.3, -0.25) is 9.69 Å². The molecule has 11 nitrogen and oxygen atoms in total. The number of hydrogen-bond acceptors (Lipinski definition) is 10. The molecule has 2 aromatic rings. The van der Waals surface area contributed by atoms with Crippen LogP contribution >= 0.6 is 0 Å². The normalized spacial score (nSPS) is 16.8. The van der Waals surface area contributed by atoms with Gasteiger partial charge in [0.2, 0.25) is 5.91 Å². The third kappa shape index (κ3) is 19.2. The molecule has 1 aliphatic heterocycles. The summed E-state index contributed by atoms with van der Waals surface area (Å²) in [5.41, 5.74) is -2.22. The number of hydrogen-bond donors (Lipinski definition) is 1. The van der Waals surface area contributed by atoms with Crippen molar-refractivity contribution in [2.45, 2.75) is 50.9 Å². The highest BCUT2D eigenvalue weighted by molar-refractivity contribution is 5.78. The maximum atomic E-state index is 13.4. The zero-order chi connectivity index (χ0) is 39.8. The third-order valence-electron chi connectivity index (χ3n) is 8.28. The first-order chi connectivity index (χ1) is 26.5. The van der Waals surface area contributed by atoms with Gasteiger partial charge in [-0.1, -0.05) is 30.3 Å². The van der Waals surface area contributed by atoms with E-state index in [4.69, 9.17) is 37.9 Å². The number of rotatable bonds is 28. The number of piperidine rings is 1. The van der Waals surface area contributed by atoms with Crippen molar-refractivity contribution in [3.8, 4) is 0 Å². The van der Waals surface area contributed by atoms with Gasteiger partial charge in [-0.15, -0.1) is 0 Å². The van der Waals surface area contributed by atoms with Crippen LogP contribution in [0.2, 0.25) is 0 Å². The molecule has 0 spiro atoms. The molecular weight excluding hydrogens is 742 g/mol. The smallest absolute Gasteiger partial charge is 0.379 e. The van der Waals surface area contributed by atoms with Gasteiger partial charge in [-0.25, -0.2) is 0 Å². The molecule has 0 aliphatic carbocycles. The molecule has 0 saturated carbocycles. The van der Waals surface area contributed by atoms with Crippen molar-refractivity contribution in [1.29, 1.82) is 0 Å². The summed E-state index contributed by atoms with van der Waals surface area (Å²) in [6.45, 7) is 8.67. The molecule has 0 radical (unpaired) electrons. The van der Waals surface area contributed by atoms with Gasteiger partial charge in [0.05, 0.1) is 122 Å². The van der Waals surface area contributed by atoms with Crippen LogP contribution in [0.1, 0.15) is 48.1 Å². The van der Waals surface area contributed by atoms with Crippen LogP contribution in [-0.2, 0) is 61.6 Å². The molecule has 1 N–H and O–H groups in total. The molecule has 2 aromatic carbocycles.